The fourth-order valence-electron chi connectivity index (χ4n) is 1.85. The summed E-state index contributed by atoms with van der Waals surface area (Å²) in [5.41, 5.74) is 1.60. The van der Waals surface area contributed by atoms with Crippen molar-refractivity contribution in [2.24, 2.45) is 0 Å². The fourth-order valence-corrected chi connectivity index (χ4v) is 1.85. The van der Waals surface area contributed by atoms with Crippen LogP contribution in [0.2, 0.25) is 0 Å². The maximum absolute atomic E-state index is 9.12. The molecule has 1 unspecified atom stereocenters. The molecule has 0 radical (unpaired) electrons. The van der Waals surface area contributed by atoms with Gasteiger partial charge in [0.05, 0.1) is 12.3 Å². The third-order valence-electron chi connectivity index (χ3n) is 2.53. The van der Waals surface area contributed by atoms with Crippen LogP contribution < -0.4 is 0 Å². The highest BCUT2D eigenvalue weighted by Gasteiger charge is 2.25. The highest BCUT2D eigenvalue weighted by molar-refractivity contribution is 5.13. The van der Waals surface area contributed by atoms with Crippen LogP contribution in [-0.4, -0.2) is 26.7 Å². The summed E-state index contributed by atoms with van der Waals surface area (Å²) in [7, 11) is 0. The Hall–Kier alpha value is -0.940. The minimum absolute atomic E-state index is 0.0603. The molecular formula is C9H15N3O2. The van der Waals surface area contributed by atoms with Gasteiger partial charge in [-0.3, -0.25) is 0 Å². The second-order valence-corrected chi connectivity index (χ2v) is 3.40. The Balaban J connectivity index is 2.31. The van der Waals surface area contributed by atoms with Gasteiger partial charge in [0.15, 0.2) is 0 Å². The molecule has 1 aliphatic rings. The van der Waals surface area contributed by atoms with E-state index in [0.29, 0.717) is 5.69 Å². The second kappa shape index (κ2) is 4.06. The molecule has 0 amide bonds. The Morgan fingerprint density at radius 1 is 1.64 bits per heavy atom. The molecule has 0 spiro atoms. The minimum atomic E-state index is -0.0603. The molecule has 0 bridgehead atoms. The maximum Gasteiger partial charge on any atom is 0.114 e. The van der Waals surface area contributed by atoms with E-state index in [1.807, 2.05) is 11.6 Å². The predicted molar refractivity (Wildman–Crippen MR) is 49.5 cm³/mol. The molecule has 0 aromatic carbocycles. The number of hydrogen-bond acceptors (Lipinski definition) is 4. The largest absolute Gasteiger partial charge is 0.390 e. The van der Waals surface area contributed by atoms with Crippen LogP contribution in [0.3, 0.4) is 0 Å². The van der Waals surface area contributed by atoms with E-state index in [1.54, 1.807) is 0 Å². The molecule has 0 aliphatic carbocycles. The van der Waals surface area contributed by atoms with E-state index in [-0.39, 0.29) is 12.7 Å². The molecule has 2 rings (SSSR count). The highest BCUT2D eigenvalue weighted by Crippen LogP contribution is 2.29. The van der Waals surface area contributed by atoms with Gasteiger partial charge in [0.25, 0.3) is 0 Å². The lowest BCUT2D eigenvalue weighted by atomic mass is 10.1. The van der Waals surface area contributed by atoms with Crippen molar-refractivity contribution in [2.45, 2.75) is 39.0 Å². The molecule has 1 aromatic heterocycles. The van der Waals surface area contributed by atoms with Gasteiger partial charge in [-0.1, -0.05) is 5.21 Å². The molecule has 5 heteroatoms. The van der Waals surface area contributed by atoms with Crippen LogP contribution >= 0.6 is 0 Å². The number of rotatable bonds is 3. The van der Waals surface area contributed by atoms with Gasteiger partial charge in [0, 0.05) is 13.2 Å². The molecule has 14 heavy (non-hydrogen) atoms. The summed E-state index contributed by atoms with van der Waals surface area (Å²) in [4.78, 5) is 0. The first-order valence-corrected chi connectivity index (χ1v) is 5.01. The second-order valence-electron chi connectivity index (χ2n) is 3.40. The van der Waals surface area contributed by atoms with Gasteiger partial charge in [-0.15, -0.1) is 5.10 Å². The van der Waals surface area contributed by atoms with Crippen LogP contribution in [-0.2, 0) is 17.9 Å². The quantitative estimate of drug-likeness (QED) is 0.772. The maximum atomic E-state index is 9.12. The van der Waals surface area contributed by atoms with Crippen LogP contribution in [0.5, 0.6) is 0 Å². The van der Waals surface area contributed by atoms with Crippen LogP contribution in [0, 0.1) is 0 Å². The van der Waals surface area contributed by atoms with Gasteiger partial charge in [0.2, 0.25) is 0 Å². The molecule has 2 heterocycles. The molecular weight excluding hydrogens is 182 g/mol. The number of aromatic nitrogens is 3. The normalized spacial score (nSPS) is 21.7. The summed E-state index contributed by atoms with van der Waals surface area (Å²) in [6.07, 6.45) is 2.15. The zero-order valence-corrected chi connectivity index (χ0v) is 8.31. The van der Waals surface area contributed by atoms with Gasteiger partial charge in [-0.2, -0.15) is 0 Å². The first kappa shape index (κ1) is 9.61. The summed E-state index contributed by atoms with van der Waals surface area (Å²) in [6, 6.07) is 0. The van der Waals surface area contributed by atoms with Crippen molar-refractivity contribution in [1.82, 2.24) is 15.0 Å². The lowest BCUT2D eigenvalue weighted by Gasteiger charge is -2.11. The van der Waals surface area contributed by atoms with Crippen LogP contribution in [0.15, 0.2) is 0 Å². The smallest absolute Gasteiger partial charge is 0.114 e. The van der Waals surface area contributed by atoms with Gasteiger partial charge < -0.3 is 9.84 Å². The molecule has 1 saturated heterocycles. The van der Waals surface area contributed by atoms with E-state index in [9.17, 15) is 0 Å². The number of nitrogens with zero attached hydrogens (tertiary/aromatic N) is 3. The summed E-state index contributed by atoms with van der Waals surface area (Å²) in [5, 5.41) is 17.0. The lowest BCUT2D eigenvalue weighted by molar-refractivity contribution is 0.102. The third kappa shape index (κ3) is 1.53. The molecule has 78 valence electrons. The van der Waals surface area contributed by atoms with Gasteiger partial charge >= 0.3 is 0 Å². The molecule has 5 nitrogen and oxygen atoms in total. The van der Waals surface area contributed by atoms with E-state index in [4.69, 9.17) is 9.84 Å². The monoisotopic (exact) mass is 197 g/mol. The zero-order valence-electron chi connectivity index (χ0n) is 8.31. The Kier molecular flexibility index (Phi) is 2.79. The minimum Gasteiger partial charge on any atom is -0.390 e. The highest BCUT2D eigenvalue weighted by atomic mass is 16.5. The standard InChI is InChI=1S/C9H15N3O2/c1-2-12-9(7(6-13)10-11-12)8-4-3-5-14-8/h8,13H,2-6H2,1H3. The number of ether oxygens (including phenoxy) is 1. The van der Waals surface area contributed by atoms with Crippen molar-refractivity contribution < 1.29 is 9.84 Å². The third-order valence-corrected chi connectivity index (χ3v) is 2.53. The van der Waals surface area contributed by atoms with E-state index in [0.717, 1.165) is 31.7 Å². The van der Waals surface area contributed by atoms with Crippen molar-refractivity contribution in [3.05, 3.63) is 11.4 Å². The fraction of sp³-hybridized carbons (Fsp3) is 0.778. The van der Waals surface area contributed by atoms with Crippen LogP contribution in [0.4, 0.5) is 0 Å². The predicted octanol–water partition coefficient (Wildman–Crippen LogP) is 0.642. The summed E-state index contributed by atoms with van der Waals surface area (Å²) >= 11 is 0. The van der Waals surface area contributed by atoms with E-state index in [1.165, 1.54) is 0 Å². The van der Waals surface area contributed by atoms with Crippen LogP contribution in [0.25, 0.3) is 0 Å². The molecule has 1 aliphatic heterocycles. The molecule has 1 atom stereocenters. The number of aliphatic hydroxyl groups is 1. The van der Waals surface area contributed by atoms with Crippen molar-refractivity contribution in [3.63, 3.8) is 0 Å². The van der Waals surface area contributed by atoms with Gasteiger partial charge in [0.1, 0.15) is 11.8 Å². The zero-order chi connectivity index (χ0) is 9.97. The Bertz CT molecular complexity index is 284. The van der Waals surface area contributed by atoms with Crippen molar-refractivity contribution in [2.75, 3.05) is 6.61 Å². The van der Waals surface area contributed by atoms with Crippen molar-refractivity contribution in [3.8, 4) is 0 Å². The molecule has 1 N–H and O–H groups in total. The summed E-state index contributed by atoms with van der Waals surface area (Å²) in [5.74, 6) is 0. The topological polar surface area (TPSA) is 60.2 Å². The van der Waals surface area contributed by atoms with Crippen molar-refractivity contribution in [1.29, 1.82) is 0 Å². The number of hydrogen-bond donors (Lipinski definition) is 1. The SMILES string of the molecule is CCn1nnc(CO)c1C1CCCO1. The molecule has 1 aromatic rings. The Morgan fingerprint density at radius 2 is 2.50 bits per heavy atom. The number of aryl methyl sites for hydroxylation is 1. The van der Waals surface area contributed by atoms with E-state index < -0.39 is 0 Å². The Labute approximate surface area is 82.7 Å². The molecule has 0 saturated carbocycles. The Morgan fingerprint density at radius 3 is 3.07 bits per heavy atom. The van der Waals surface area contributed by atoms with E-state index in [2.05, 4.69) is 10.3 Å². The average molecular weight is 197 g/mol. The van der Waals surface area contributed by atoms with Crippen LogP contribution in [0.1, 0.15) is 37.3 Å². The molecule has 1 fully saturated rings. The lowest BCUT2D eigenvalue weighted by Crippen LogP contribution is -2.09. The first-order valence-electron chi connectivity index (χ1n) is 5.01. The van der Waals surface area contributed by atoms with Gasteiger partial charge in [-0.05, 0) is 19.8 Å². The first-order chi connectivity index (χ1) is 6.86. The van der Waals surface area contributed by atoms with Crippen molar-refractivity contribution >= 4 is 0 Å². The van der Waals surface area contributed by atoms with Gasteiger partial charge in [-0.25, -0.2) is 4.68 Å². The average Bonchev–Trinajstić information content (AvgIpc) is 2.85. The number of aliphatic hydroxyl groups excluding tert-OH is 1. The summed E-state index contributed by atoms with van der Waals surface area (Å²) < 4.78 is 7.38. The summed E-state index contributed by atoms with van der Waals surface area (Å²) in [6.45, 7) is 3.51. The van der Waals surface area contributed by atoms with E-state index >= 15 is 0 Å².